The molecule has 8 heteroatoms. The third-order valence-electron chi connectivity index (χ3n) is 5.11. The Bertz CT molecular complexity index is 1320. The van der Waals surface area contributed by atoms with Gasteiger partial charge in [-0.15, -0.1) is 0 Å². The number of Topliss-reactive ketones (excluding diaryl/α,β-unsaturated/α-hetero) is 1. The first-order valence-electron chi connectivity index (χ1n) is 9.76. The second-order valence-corrected chi connectivity index (χ2v) is 7.22. The average Bonchev–Trinajstić information content (AvgIpc) is 3.12. The molecule has 1 amide bonds. The summed E-state index contributed by atoms with van der Waals surface area (Å²) in [6, 6.07) is 12.7. The number of nitrogens with one attached hydrogen (secondary N) is 1. The molecule has 0 radical (unpaired) electrons. The molecule has 6 nitrogen and oxygen atoms in total. The van der Waals surface area contributed by atoms with Gasteiger partial charge >= 0.3 is 0 Å². The third-order valence-corrected chi connectivity index (χ3v) is 5.11. The van der Waals surface area contributed by atoms with Crippen LogP contribution < -0.4 is 9.64 Å². The number of anilines is 1. The fourth-order valence-corrected chi connectivity index (χ4v) is 3.55. The van der Waals surface area contributed by atoms with Gasteiger partial charge in [0.1, 0.15) is 11.6 Å². The van der Waals surface area contributed by atoms with Crippen molar-refractivity contribution in [3.63, 3.8) is 0 Å². The van der Waals surface area contributed by atoms with E-state index in [9.17, 15) is 18.4 Å². The van der Waals surface area contributed by atoms with Crippen LogP contribution in [0.25, 0.3) is 10.9 Å². The standard InChI is InChI=1S/C24H19F2N3O3/c1-14-22(19-11-17(26)7-8-20(19)28-14)23(30)24(31)29(13-15-3-5-16(25)6-4-15)18-9-10-27-21(12-18)32-2/h3-12,28H,13H2,1-2H3. The number of benzene rings is 2. The molecule has 0 unspecified atom stereocenters. The van der Waals surface area contributed by atoms with Gasteiger partial charge in [-0.1, -0.05) is 12.1 Å². The van der Waals surface area contributed by atoms with Crippen LogP contribution in [0.4, 0.5) is 14.5 Å². The first-order valence-corrected chi connectivity index (χ1v) is 9.76. The molecular weight excluding hydrogens is 416 g/mol. The highest BCUT2D eigenvalue weighted by atomic mass is 19.1. The van der Waals surface area contributed by atoms with Gasteiger partial charge in [-0.3, -0.25) is 9.59 Å². The van der Waals surface area contributed by atoms with Gasteiger partial charge in [0, 0.05) is 28.9 Å². The van der Waals surface area contributed by atoms with Crippen molar-refractivity contribution in [2.75, 3.05) is 12.0 Å². The molecule has 0 atom stereocenters. The van der Waals surface area contributed by atoms with Gasteiger partial charge in [-0.2, -0.15) is 0 Å². The fraction of sp³-hybridized carbons (Fsp3) is 0.125. The number of carbonyl (C=O) groups is 2. The summed E-state index contributed by atoms with van der Waals surface area (Å²) in [4.78, 5) is 35.1. The highest BCUT2D eigenvalue weighted by Crippen LogP contribution is 2.27. The average molecular weight is 435 g/mol. The molecule has 2 aromatic carbocycles. The van der Waals surface area contributed by atoms with Crippen LogP contribution in [0.15, 0.2) is 60.8 Å². The molecule has 4 aromatic rings. The molecule has 0 spiro atoms. The van der Waals surface area contributed by atoms with Crippen LogP contribution in [0.1, 0.15) is 21.6 Å². The Morgan fingerprint density at radius 1 is 1.03 bits per heavy atom. The maximum Gasteiger partial charge on any atom is 0.299 e. The Hall–Kier alpha value is -4.07. The van der Waals surface area contributed by atoms with Gasteiger partial charge in [0.05, 0.1) is 24.9 Å². The van der Waals surface area contributed by atoms with Crippen molar-refractivity contribution in [3.05, 3.63) is 89.2 Å². The molecule has 0 aliphatic carbocycles. The van der Waals surface area contributed by atoms with E-state index in [1.807, 2.05) is 0 Å². The molecule has 2 aromatic heterocycles. The lowest BCUT2D eigenvalue weighted by Crippen LogP contribution is -2.36. The zero-order chi connectivity index (χ0) is 22.8. The highest BCUT2D eigenvalue weighted by Gasteiger charge is 2.29. The normalized spacial score (nSPS) is 10.9. The summed E-state index contributed by atoms with van der Waals surface area (Å²) >= 11 is 0. The molecule has 0 saturated carbocycles. The molecular formula is C24H19F2N3O3. The minimum absolute atomic E-state index is 0.00772. The molecule has 2 heterocycles. The van der Waals surface area contributed by atoms with Gasteiger partial charge in [-0.25, -0.2) is 13.8 Å². The molecule has 162 valence electrons. The Morgan fingerprint density at radius 3 is 2.47 bits per heavy atom. The van der Waals surface area contributed by atoms with E-state index in [0.29, 0.717) is 27.8 Å². The molecule has 0 aliphatic rings. The molecule has 32 heavy (non-hydrogen) atoms. The lowest BCUT2D eigenvalue weighted by Gasteiger charge is -2.22. The number of hydrogen-bond donors (Lipinski definition) is 1. The van der Waals surface area contributed by atoms with Crippen LogP contribution in [0.2, 0.25) is 0 Å². The van der Waals surface area contributed by atoms with Crippen molar-refractivity contribution in [1.29, 1.82) is 0 Å². The van der Waals surface area contributed by atoms with Crippen molar-refractivity contribution in [2.45, 2.75) is 13.5 Å². The van der Waals surface area contributed by atoms with Crippen LogP contribution >= 0.6 is 0 Å². The summed E-state index contributed by atoms with van der Waals surface area (Å²) in [7, 11) is 1.44. The van der Waals surface area contributed by atoms with Gasteiger partial charge in [0.25, 0.3) is 11.7 Å². The van der Waals surface area contributed by atoms with Crippen molar-refractivity contribution < 1.29 is 23.1 Å². The maximum atomic E-state index is 13.8. The number of H-pyrrole nitrogens is 1. The monoisotopic (exact) mass is 435 g/mol. The lowest BCUT2D eigenvalue weighted by atomic mass is 10.0. The summed E-state index contributed by atoms with van der Waals surface area (Å²) in [5.74, 6) is -2.28. The topological polar surface area (TPSA) is 75.3 Å². The first-order chi connectivity index (χ1) is 15.4. The van der Waals surface area contributed by atoms with Crippen LogP contribution in [-0.4, -0.2) is 28.8 Å². The number of carbonyl (C=O) groups excluding carboxylic acids is 2. The smallest absolute Gasteiger partial charge is 0.299 e. The van der Waals surface area contributed by atoms with E-state index in [1.165, 1.54) is 66.7 Å². The van der Waals surface area contributed by atoms with Crippen molar-refractivity contribution in [1.82, 2.24) is 9.97 Å². The van der Waals surface area contributed by atoms with Crippen molar-refractivity contribution in [2.24, 2.45) is 0 Å². The summed E-state index contributed by atoms with van der Waals surface area (Å²) in [5, 5.41) is 0.329. The van der Waals surface area contributed by atoms with E-state index in [1.54, 1.807) is 13.0 Å². The van der Waals surface area contributed by atoms with Gasteiger partial charge in [0.2, 0.25) is 5.88 Å². The molecule has 0 aliphatic heterocycles. The van der Waals surface area contributed by atoms with E-state index in [4.69, 9.17) is 4.74 Å². The number of aromatic amines is 1. The number of fused-ring (bicyclic) bond motifs is 1. The predicted octanol–water partition coefficient (Wildman–Crippen LogP) is 4.57. The highest BCUT2D eigenvalue weighted by molar-refractivity contribution is 6.49. The van der Waals surface area contributed by atoms with Gasteiger partial charge in [-0.05, 0) is 48.9 Å². The molecule has 4 rings (SSSR count). The number of pyridine rings is 1. The van der Waals surface area contributed by atoms with Crippen LogP contribution in [0.5, 0.6) is 5.88 Å². The van der Waals surface area contributed by atoms with E-state index in [0.717, 1.165) is 0 Å². The minimum atomic E-state index is -0.823. The summed E-state index contributed by atoms with van der Waals surface area (Å²) in [5.41, 5.74) is 2.11. The number of ketones is 1. The lowest BCUT2D eigenvalue weighted by molar-refractivity contribution is -0.114. The number of aromatic nitrogens is 2. The molecule has 0 fully saturated rings. The zero-order valence-corrected chi connectivity index (χ0v) is 17.4. The summed E-state index contributed by atoms with van der Waals surface area (Å²) in [6.45, 7) is 1.66. The Labute approximate surface area is 182 Å². The van der Waals surface area contributed by atoms with E-state index in [-0.39, 0.29) is 18.0 Å². The summed E-state index contributed by atoms with van der Waals surface area (Å²) < 4.78 is 32.3. The van der Waals surface area contributed by atoms with Gasteiger partial charge < -0.3 is 14.6 Å². The zero-order valence-electron chi connectivity index (χ0n) is 17.4. The SMILES string of the molecule is COc1cc(N(Cc2ccc(F)cc2)C(=O)C(=O)c2c(C)[nH]c3ccc(F)cc23)ccn1. The Balaban J connectivity index is 1.77. The summed E-state index contributed by atoms with van der Waals surface area (Å²) in [6.07, 6.45) is 1.45. The van der Waals surface area contributed by atoms with Crippen LogP contribution in [0.3, 0.4) is 0 Å². The largest absolute Gasteiger partial charge is 0.481 e. The van der Waals surface area contributed by atoms with Crippen LogP contribution in [0, 0.1) is 18.6 Å². The fourth-order valence-electron chi connectivity index (χ4n) is 3.55. The first kappa shape index (κ1) is 21.2. The maximum absolute atomic E-state index is 13.8. The second kappa shape index (κ2) is 8.58. The van der Waals surface area contributed by atoms with Crippen LogP contribution in [-0.2, 0) is 11.3 Å². The Kier molecular flexibility index (Phi) is 5.68. The van der Waals surface area contributed by atoms with Crippen molar-refractivity contribution >= 4 is 28.3 Å². The number of nitrogens with zero attached hydrogens (tertiary/aromatic N) is 2. The number of ether oxygens (including phenoxy) is 1. The third kappa shape index (κ3) is 4.07. The number of hydrogen-bond acceptors (Lipinski definition) is 4. The number of amides is 1. The molecule has 0 bridgehead atoms. The van der Waals surface area contributed by atoms with E-state index >= 15 is 0 Å². The van der Waals surface area contributed by atoms with E-state index < -0.39 is 23.3 Å². The minimum Gasteiger partial charge on any atom is -0.481 e. The molecule has 0 saturated heterocycles. The Morgan fingerprint density at radius 2 is 1.75 bits per heavy atom. The van der Waals surface area contributed by atoms with Gasteiger partial charge in [0.15, 0.2) is 0 Å². The second-order valence-electron chi connectivity index (χ2n) is 7.22. The quantitative estimate of drug-likeness (QED) is 0.356. The van der Waals surface area contributed by atoms with Crippen molar-refractivity contribution in [3.8, 4) is 5.88 Å². The number of aryl methyl sites for hydroxylation is 1. The molecule has 1 N–H and O–H groups in total. The number of rotatable bonds is 6. The number of halogens is 2. The predicted molar refractivity (Wildman–Crippen MR) is 116 cm³/mol. The number of methoxy groups -OCH3 is 1. The van der Waals surface area contributed by atoms with E-state index in [2.05, 4.69) is 9.97 Å².